The van der Waals surface area contributed by atoms with E-state index >= 15 is 0 Å². The molecule has 0 atom stereocenters. The number of guanidine groups is 1. The van der Waals surface area contributed by atoms with Gasteiger partial charge in [0.05, 0.1) is 12.2 Å². The lowest BCUT2D eigenvalue weighted by Crippen LogP contribution is -2.38. The van der Waals surface area contributed by atoms with E-state index < -0.39 is 0 Å². The van der Waals surface area contributed by atoms with E-state index in [0.29, 0.717) is 6.54 Å². The minimum Gasteiger partial charge on any atom is -0.357 e. The zero-order chi connectivity index (χ0) is 19.8. The quantitative estimate of drug-likeness (QED) is 0.356. The first-order valence-electron chi connectivity index (χ1n) is 9.62. The number of pyridine rings is 1. The van der Waals surface area contributed by atoms with Gasteiger partial charge in [0, 0.05) is 43.9 Å². The largest absolute Gasteiger partial charge is 0.357 e. The van der Waals surface area contributed by atoms with Crippen LogP contribution in [0.15, 0.2) is 48.1 Å². The second kappa shape index (κ2) is 9.68. The van der Waals surface area contributed by atoms with Gasteiger partial charge in [-0.2, -0.15) is 5.10 Å². The van der Waals surface area contributed by atoms with Gasteiger partial charge in [-0.1, -0.05) is 6.07 Å². The molecule has 3 heterocycles. The maximum atomic E-state index is 4.66. The van der Waals surface area contributed by atoms with Gasteiger partial charge in [0.25, 0.3) is 0 Å². The summed E-state index contributed by atoms with van der Waals surface area (Å²) in [5.41, 5.74) is 3.32. The standard InChI is InChI=1S/C20H28N8/c1-4-22-20(23-8-5-10-28-17(3)12-16(2)26-28)25-14-18-6-7-19(24-13-18)27-11-9-21-15-27/h6-7,9,11-13,15H,4-5,8,10,14H2,1-3H3,(H2,22,23,25). The lowest BCUT2D eigenvalue weighted by Gasteiger charge is -2.12. The predicted molar refractivity (Wildman–Crippen MR) is 110 cm³/mol. The Morgan fingerprint density at radius 2 is 2.11 bits per heavy atom. The number of hydrogen-bond donors (Lipinski definition) is 2. The van der Waals surface area contributed by atoms with Crippen LogP contribution >= 0.6 is 0 Å². The molecule has 0 unspecified atom stereocenters. The Morgan fingerprint density at radius 3 is 2.75 bits per heavy atom. The van der Waals surface area contributed by atoms with E-state index in [-0.39, 0.29) is 0 Å². The Hall–Kier alpha value is -3.16. The van der Waals surface area contributed by atoms with Gasteiger partial charge in [-0.3, -0.25) is 9.25 Å². The van der Waals surface area contributed by atoms with E-state index in [9.17, 15) is 0 Å². The molecule has 0 aliphatic rings. The number of aliphatic imine (C=N–C) groups is 1. The van der Waals surface area contributed by atoms with E-state index in [0.717, 1.165) is 49.1 Å². The van der Waals surface area contributed by atoms with Crippen molar-refractivity contribution in [2.45, 2.75) is 40.3 Å². The Bertz CT molecular complexity index is 878. The topological polar surface area (TPSA) is 85.0 Å². The average Bonchev–Trinajstić information content (AvgIpc) is 3.33. The molecule has 0 fully saturated rings. The zero-order valence-corrected chi connectivity index (χ0v) is 16.8. The number of aromatic nitrogens is 5. The molecule has 8 nitrogen and oxygen atoms in total. The minimum atomic E-state index is 0.573. The van der Waals surface area contributed by atoms with Gasteiger partial charge < -0.3 is 10.6 Å². The molecule has 2 N–H and O–H groups in total. The molecule has 0 bridgehead atoms. The van der Waals surface area contributed by atoms with Gasteiger partial charge in [-0.05, 0) is 44.9 Å². The molecule has 148 valence electrons. The van der Waals surface area contributed by atoms with E-state index in [1.165, 1.54) is 5.69 Å². The molecule has 0 radical (unpaired) electrons. The molecule has 3 aromatic rings. The number of aryl methyl sites for hydroxylation is 3. The summed E-state index contributed by atoms with van der Waals surface area (Å²) in [5, 5.41) is 11.2. The summed E-state index contributed by atoms with van der Waals surface area (Å²) in [7, 11) is 0. The molecule has 0 aliphatic heterocycles. The second-order valence-corrected chi connectivity index (χ2v) is 6.62. The number of imidazole rings is 1. The third kappa shape index (κ3) is 5.42. The summed E-state index contributed by atoms with van der Waals surface area (Å²) < 4.78 is 3.93. The Labute approximate surface area is 165 Å². The van der Waals surface area contributed by atoms with Gasteiger partial charge >= 0.3 is 0 Å². The number of rotatable bonds is 8. The molecule has 0 aromatic carbocycles. The third-order valence-electron chi connectivity index (χ3n) is 4.28. The molecule has 8 heteroatoms. The maximum absolute atomic E-state index is 4.66. The van der Waals surface area contributed by atoms with Crippen molar-refractivity contribution < 1.29 is 0 Å². The first-order valence-corrected chi connectivity index (χ1v) is 9.62. The average molecular weight is 381 g/mol. The highest BCUT2D eigenvalue weighted by atomic mass is 15.3. The summed E-state index contributed by atoms with van der Waals surface area (Å²) in [5.74, 6) is 1.66. The van der Waals surface area contributed by atoms with Crippen molar-refractivity contribution in [1.29, 1.82) is 0 Å². The molecule has 0 saturated heterocycles. The maximum Gasteiger partial charge on any atom is 0.191 e. The highest BCUT2D eigenvalue weighted by Crippen LogP contribution is 2.06. The predicted octanol–water partition coefficient (Wildman–Crippen LogP) is 2.23. The normalized spacial score (nSPS) is 11.6. The monoisotopic (exact) mass is 380 g/mol. The number of hydrogen-bond acceptors (Lipinski definition) is 4. The van der Waals surface area contributed by atoms with E-state index in [1.54, 1.807) is 12.5 Å². The van der Waals surface area contributed by atoms with Crippen molar-refractivity contribution in [3.63, 3.8) is 0 Å². The third-order valence-corrected chi connectivity index (χ3v) is 4.28. The van der Waals surface area contributed by atoms with Crippen molar-refractivity contribution in [1.82, 2.24) is 34.9 Å². The lowest BCUT2D eigenvalue weighted by atomic mass is 10.3. The SMILES string of the molecule is CCNC(=NCc1ccc(-n2ccnc2)nc1)NCCCn1nc(C)cc1C. The zero-order valence-electron chi connectivity index (χ0n) is 16.8. The van der Waals surface area contributed by atoms with Crippen LogP contribution in [0, 0.1) is 13.8 Å². The smallest absolute Gasteiger partial charge is 0.191 e. The highest BCUT2D eigenvalue weighted by Gasteiger charge is 2.02. The molecular formula is C20H28N8. The number of nitrogens with one attached hydrogen (secondary N) is 2. The minimum absolute atomic E-state index is 0.573. The van der Waals surface area contributed by atoms with Crippen LogP contribution in [-0.4, -0.2) is 43.4 Å². The van der Waals surface area contributed by atoms with Crippen LogP contribution in [-0.2, 0) is 13.1 Å². The molecule has 0 aliphatic carbocycles. The van der Waals surface area contributed by atoms with Crippen LogP contribution in [0.2, 0.25) is 0 Å². The summed E-state index contributed by atoms with van der Waals surface area (Å²) in [6.45, 7) is 9.30. The van der Waals surface area contributed by atoms with Crippen LogP contribution in [0.3, 0.4) is 0 Å². The first kappa shape index (κ1) is 19.6. The van der Waals surface area contributed by atoms with Crippen LogP contribution < -0.4 is 10.6 Å². The van der Waals surface area contributed by atoms with Crippen molar-refractivity contribution in [3.8, 4) is 5.82 Å². The fourth-order valence-corrected chi connectivity index (χ4v) is 2.91. The Balaban J connectivity index is 1.50. The van der Waals surface area contributed by atoms with Crippen molar-refractivity contribution >= 4 is 5.96 Å². The molecule has 3 aromatic heterocycles. The molecule has 0 spiro atoms. The lowest BCUT2D eigenvalue weighted by molar-refractivity contribution is 0.555. The van der Waals surface area contributed by atoms with Gasteiger partial charge in [0.1, 0.15) is 12.1 Å². The van der Waals surface area contributed by atoms with Crippen LogP contribution in [0.5, 0.6) is 0 Å². The molecule has 3 rings (SSSR count). The highest BCUT2D eigenvalue weighted by molar-refractivity contribution is 5.79. The van der Waals surface area contributed by atoms with Gasteiger partial charge in [0.2, 0.25) is 0 Å². The summed E-state index contributed by atoms with van der Waals surface area (Å²) >= 11 is 0. The van der Waals surface area contributed by atoms with Crippen molar-refractivity contribution in [2.24, 2.45) is 4.99 Å². The van der Waals surface area contributed by atoms with E-state index in [2.05, 4.69) is 55.3 Å². The molecular weight excluding hydrogens is 352 g/mol. The van der Waals surface area contributed by atoms with Crippen LogP contribution in [0.4, 0.5) is 0 Å². The summed E-state index contributed by atoms with van der Waals surface area (Å²) in [6, 6.07) is 6.12. The van der Waals surface area contributed by atoms with Crippen LogP contribution in [0.25, 0.3) is 5.82 Å². The summed E-state index contributed by atoms with van der Waals surface area (Å²) in [4.78, 5) is 13.2. The number of nitrogens with zero attached hydrogens (tertiary/aromatic N) is 6. The second-order valence-electron chi connectivity index (χ2n) is 6.62. The molecule has 28 heavy (non-hydrogen) atoms. The van der Waals surface area contributed by atoms with Crippen molar-refractivity contribution in [2.75, 3.05) is 13.1 Å². The van der Waals surface area contributed by atoms with E-state index in [4.69, 9.17) is 0 Å². The van der Waals surface area contributed by atoms with Gasteiger partial charge in [-0.15, -0.1) is 0 Å². The molecule has 0 amide bonds. The van der Waals surface area contributed by atoms with Crippen LogP contribution in [0.1, 0.15) is 30.3 Å². The fraction of sp³-hybridized carbons (Fsp3) is 0.400. The molecule has 0 saturated carbocycles. The Kier molecular flexibility index (Phi) is 6.78. The first-order chi connectivity index (χ1) is 13.7. The Morgan fingerprint density at radius 1 is 1.21 bits per heavy atom. The fourth-order valence-electron chi connectivity index (χ4n) is 2.91. The van der Waals surface area contributed by atoms with Gasteiger partial charge in [0.15, 0.2) is 5.96 Å². The van der Waals surface area contributed by atoms with Gasteiger partial charge in [-0.25, -0.2) is 15.0 Å². The summed E-state index contributed by atoms with van der Waals surface area (Å²) in [6.07, 6.45) is 8.18. The van der Waals surface area contributed by atoms with Crippen molar-refractivity contribution in [3.05, 3.63) is 60.1 Å². The van der Waals surface area contributed by atoms with E-state index in [1.807, 2.05) is 36.0 Å².